The van der Waals surface area contributed by atoms with Gasteiger partial charge in [-0.05, 0) is 37.6 Å². The van der Waals surface area contributed by atoms with Crippen LogP contribution in [0, 0.1) is 5.92 Å². The molecular weight excluding hydrogens is 288 g/mol. The van der Waals surface area contributed by atoms with E-state index < -0.39 is 15.6 Å². The standard InChI is InChI=1S/C13H17F2NO3S/c1-9-10(6-7-19-9)8-16-11-2-4-12(5-3-11)20(17,18)13(14)15/h2-5,9-10,13,16H,6-8H2,1H3. The summed E-state index contributed by atoms with van der Waals surface area (Å²) in [6, 6.07) is 5.38. The Labute approximate surface area is 117 Å². The van der Waals surface area contributed by atoms with Gasteiger partial charge in [0.25, 0.3) is 0 Å². The number of nitrogens with one attached hydrogen (secondary N) is 1. The van der Waals surface area contributed by atoms with E-state index in [-0.39, 0.29) is 11.0 Å². The Morgan fingerprint density at radius 3 is 2.50 bits per heavy atom. The quantitative estimate of drug-likeness (QED) is 0.908. The van der Waals surface area contributed by atoms with E-state index in [0.717, 1.165) is 13.0 Å². The monoisotopic (exact) mass is 305 g/mol. The minimum Gasteiger partial charge on any atom is -0.385 e. The zero-order valence-electron chi connectivity index (χ0n) is 11.1. The molecule has 0 bridgehead atoms. The summed E-state index contributed by atoms with van der Waals surface area (Å²) >= 11 is 0. The summed E-state index contributed by atoms with van der Waals surface area (Å²) in [5.74, 6) is -2.99. The molecular formula is C13H17F2NO3S. The highest BCUT2D eigenvalue weighted by atomic mass is 32.2. The average molecular weight is 305 g/mol. The molecule has 1 aromatic rings. The van der Waals surface area contributed by atoms with E-state index in [1.54, 1.807) is 0 Å². The van der Waals surface area contributed by atoms with Crippen molar-refractivity contribution in [3.63, 3.8) is 0 Å². The van der Waals surface area contributed by atoms with E-state index in [0.29, 0.717) is 18.2 Å². The van der Waals surface area contributed by atoms with Crippen LogP contribution in [-0.4, -0.2) is 33.4 Å². The fourth-order valence-electron chi connectivity index (χ4n) is 2.16. The molecule has 0 saturated carbocycles. The van der Waals surface area contributed by atoms with E-state index in [1.165, 1.54) is 24.3 Å². The smallest absolute Gasteiger partial charge is 0.341 e. The SMILES string of the molecule is CC1OCCC1CNc1ccc(S(=O)(=O)C(F)F)cc1. The Balaban J connectivity index is 1.98. The number of hydrogen-bond donors (Lipinski definition) is 1. The topological polar surface area (TPSA) is 55.4 Å². The average Bonchev–Trinajstić information content (AvgIpc) is 2.82. The Kier molecular flexibility index (Phi) is 4.59. The summed E-state index contributed by atoms with van der Waals surface area (Å²) in [6.45, 7) is 3.47. The van der Waals surface area contributed by atoms with Crippen LogP contribution < -0.4 is 5.32 Å². The molecule has 0 amide bonds. The van der Waals surface area contributed by atoms with Gasteiger partial charge in [-0.25, -0.2) is 8.42 Å². The second-order valence-corrected chi connectivity index (χ2v) is 6.75. The van der Waals surface area contributed by atoms with Gasteiger partial charge >= 0.3 is 5.76 Å². The summed E-state index contributed by atoms with van der Waals surface area (Å²) in [6.07, 6.45) is 1.17. The number of hydrogen-bond acceptors (Lipinski definition) is 4. The van der Waals surface area contributed by atoms with Gasteiger partial charge in [-0.1, -0.05) is 0 Å². The molecule has 0 radical (unpaired) electrons. The van der Waals surface area contributed by atoms with Crippen LogP contribution in [0.5, 0.6) is 0 Å². The molecule has 1 aliphatic rings. The van der Waals surface area contributed by atoms with Crippen LogP contribution in [0.15, 0.2) is 29.2 Å². The van der Waals surface area contributed by atoms with Crippen LogP contribution in [0.4, 0.5) is 14.5 Å². The minimum absolute atomic E-state index is 0.195. The van der Waals surface area contributed by atoms with Crippen molar-refractivity contribution in [2.45, 2.75) is 30.1 Å². The molecule has 0 aromatic heterocycles. The summed E-state index contributed by atoms with van der Waals surface area (Å²) in [5.41, 5.74) is 0.706. The largest absolute Gasteiger partial charge is 0.385 e. The predicted molar refractivity (Wildman–Crippen MR) is 71.6 cm³/mol. The maximum atomic E-state index is 12.4. The lowest BCUT2D eigenvalue weighted by Crippen LogP contribution is -2.20. The maximum absolute atomic E-state index is 12.4. The number of rotatable bonds is 5. The zero-order chi connectivity index (χ0) is 14.8. The number of anilines is 1. The highest BCUT2D eigenvalue weighted by molar-refractivity contribution is 7.91. The Bertz CT molecular complexity index is 545. The number of alkyl halides is 2. The van der Waals surface area contributed by atoms with Crippen molar-refractivity contribution in [3.8, 4) is 0 Å². The van der Waals surface area contributed by atoms with E-state index in [9.17, 15) is 17.2 Å². The number of benzene rings is 1. The van der Waals surface area contributed by atoms with Crippen LogP contribution in [0.1, 0.15) is 13.3 Å². The molecule has 1 N–H and O–H groups in total. The van der Waals surface area contributed by atoms with E-state index in [4.69, 9.17) is 4.74 Å². The lowest BCUT2D eigenvalue weighted by molar-refractivity contribution is 0.108. The van der Waals surface area contributed by atoms with Crippen LogP contribution in [0.25, 0.3) is 0 Å². The maximum Gasteiger partial charge on any atom is 0.341 e. The third kappa shape index (κ3) is 3.27. The first-order valence-corrected chi connectivity index (χ1v) is 7.93. The molecule has 1 fully saturated rings. The second-order valence-electron chi connectivity index (χ2n) is 4.84. The molecule has 0 spiro atoms. The van der Waals surface area contributed by atoms with Crippen LogP contribution in [0.2, 0.25) is 0 Å². The zero-order valence-corrected chi connectivity index (χ0v) is 11.9. The molecule has 2 atom stereocenters. The Hall–Kier alpha value is -1.21. The normalized spacial score (nSPS) is 23.2. The van der Waals surface area contributed by atoms with Gasteiger partial charge in [0.15, 0.2) is 0 Å². The molecule has 112 valence electrons. The van der Waals surface area contributed by atoms with Crippen molar-refractivity contribution < 1.29 is 21.9 Å². The second kappa shape index (κ2) is 6.05. The van der Waals surface area contributed by atoms with Crippen LogP contribution in [-0.2, 0) is 14.6 Å². The summed E-state index contributed by atoms with van der Waals surface area (Å²) < 4.78 is 52.7. The van der Waals surface area contributed by atoms with E-state index >= 15 is 0 Å². The van der Waals surface area contributed by atoms with Gasteiger partial charge in [0.2, 0.25) is 9.84 Å². The first-order valence-electron chi connectivity index (χ1n) is 6.39. The molecule has 1 saturated heterocycles. The lowest BCUT2D eigenvalue weighted by Gasteiger charge is -2.15. The Morgan fingerprint density at radius 1 is 1.35 bits per heavy atom. The highest BCUT2D eigenvalue weighted by Crippen LogP contribution is 2.23. The molecule has 4 nitrogen and oxygen atoms in total. The predicted octanol–water partition coefficient (Wildman–Crippen LogP) is 2.52. The summed E-state index contributed by atoms with van der Waals surface area (Å²) in [5, 5.41) is 3.16. The molecule has 1 heterocycles. The molecule has 1 aromatic carbocycles. The molecule has 20 heavy (non-hydrogen) atoms. The molecule has 2 rings (SSSR count). The van der Waals surface area contributed by atoms with Crippen molar-refractivity contribution in [2.75, 3.05) is 18.5 Å². The van der Waals surface area contributed by atoms with Gasteiger partial charge in [-0.2, -0.15) is 8.78 Å². The van der Waals surface area contributed by atoms with E-state index in [1.807, 2.05) is 6.92 Å². The highest BCUT2D eigenvalue weighted by Gasteiger charge is 2.26. The lowest BCUT2D eigenvalue weighted by atomic mass is 10.0. The molecule has 7 heteroatoms. The summed E-state index contributed by atoms with van der Waals surface area (Å²) in [7, 11) is -4.51. The van der Waals surface area contributed by atoms with Crippen molar-refractivity contribution in [1.29, 1.82) is 0 Å². The van der Waals surface area contributed by atoms with E-state index in [2.05, 4.69) is 5.32 Å². The number of halogens is 2. The van der Waals surface area contributed by atoms with Gasteiger partial charge in [0.1, 0.15) is 0 Å². The first kappa shape index (κ1) is 15.2. The number of ether oxygens (including phenoxy) is 1. The molecule has 0 aliphatic carbocycles. The minimum atomic E-state index is -4.51. The molecule has 2 unspecified atom stereocenters. The van der Waals surface area contributed by atoms with Gasteiger partial charge in [-0.15, -0.1) is 0 Å². The first-order chi connectivity index (χ1) is 9.41. The summed E-state index contributed by atoms with van der Waals surface area (Å²) in [4.78, 5) is -0.365. The fourth-order valence-corrected chi connectivity index (χ4v) is 2.88. The van der Waals surface area contributed by atoms with Gasteiger partial charge in [0, 0.05) is 24.8 Å². The molecule has 1 aliphatic heterocycles. The fraction of sp³-hybridized carbons (Fsp3) is 0.538. The van der Waals surface area contributed by atoms with Crippen molar-refractivity contribution in [1.82, 2.24) is 0 Å². The van der Waals surface area contributed by atoms with Gasteiger partial charge < -0.3 is 10.1 Å². The third-order valence-electron chi connectivity index (χ3n) is 3.52. The number of sulfone groups is 1. The third-order valence-corrected chi connectivity index (χ3v) is 4.92. The van der Waals surface area contributed by atoms with Crippen LogP contribution in [0.3, 0.4) is 0 Å². The van der Waals surface area contributed by atoms with Gasteiger partial charge in [-0.3, -0.25) is 0 Å². The van der Waals surface area contributed by atoms with Crippen molar-refractivity contribution >= 4 is 15.5 Å². The Morgan fingerprint density at radius 2 is 2.00 bits per heavy atom. The van der Waals surface area contributed by atoms with Gasteiger partial charge in [0.05, 0.1) is 11.0 Å². The van der Waals surface area contributed by atoms with Crippen molar-refractivity contribution in [3.05, 3.63) is 24.3 Å². The van der Waals surface area contributed by atoms with Crippen LogP contribution >= 0.6 is 0 Å². The van der Waals surface area contributed by atoms with Crippen molar-refractivity contribution in [2.24, 2.45) is 5.92 Å².